The Morgan fingerprint density at radius 3 is 1.46 bits per heavy atom. The first-order valence-electron chi connectivity index (χ1n) is 11.1. The van der Waals surface area contributed by atoms with Gasteiger partial charge in [0.1, 0.15) is 6.61 Å². The molecule has 228 valence electrons. The molecule has 0 radical (unpaired) electrons. The molecular weight excluding hydrogens is 595 g/mol. The smallest absolute Gasteiger partial charge is 0.458 e. The van der Waals surface area contributed by atoms with Crippen LogP contribution in [0.1, 0.15) is 17.5 Å². The second-order valence-electron chi connectivity index (χ2n) is 8.51. The fraction of sp³-hybridized carbons (Fsp3) is 0.400. The van der Waals surface area contributed by atoms with Crippen LogP contribution in [0.4, 0.5) is 57.1 Å². The molecule has 0 aliphatic carbocycles. The lowest BCUT2D eigenvalue weighted by Gasteiger charge is -2.39. The highest BCUT2D eigenvalue weighted by molar-refractivity contribution is 5.81. The number of halogens is 13. The number of carbonyl (C=O) groups excluding carboxylic acids is 1. The summed E-state index contributed by atoms with van der Waals surface area (Å²) in [5, 5.41) is 0. The fourth-order valence-electron chi connectivity index (χ4n) is 3.15. The zero-order valence-electron chi connectivity index (χ0n) is 20.4. The molecular formula is C25H19F13O3. The number of rotatable bonds is 13. The minimum atomic E-state index is -7.92. The number of carbonyl (C=O) groups is 1. The third kappa shape index (κ3) is 6.79. The van der Waals surface area contributed by atoms with Crippen molar-refractivity contribution in [3.05, 3.63) is 72.3 Å². The van der Waals surface area contributed by atoms with Gasteiger partial charge in [0.15, 0.2) is 0 Å². The number of benzene rings is 2. The first-order chi connectivity index (χ1) is 18.6. The number of hydrogen-bond acceptors (Lipinski definition) is 3. The Kier molecular flexibility index (Phi) is 9.84. The molecule has 0 fully saturated rings. The SMILES string of the molecule is C=CC(=O)OCc1ccc(-c2ccc(COCCC(F)(F)C(F)(F)C(F)(F)C(F)(F)C(F)(F)C(F)(F)F)cc2)cc1. The average molecular weight is 614 g/mol. The standard InChI is InChI=1S/C25H19F13O3/c1-2-19(39)41-14-16-5-9-18(10-6-16)17-7-3-15(4-8-17)13-40-12-11-20(26,27)21(28,29)22(30,31)23(32,33)24(34,35)25(36,37)38/h2-10H,1,11-14H2. The highest BCUT2D eigenvalue weighted by Crippen LogP contribution is 2.60. The van der Waals surface area contributed by atoms with Crippen molar-refractivity contribution in [3.8, 4) is 11.1 Å². The van der Waals surface area contributed by atoms with Crippen LogP contribution in [0.5, 0.6) is 0 Å². The van der Waals surface area contributed by atoms with E-state index in [9.17, 15) is 61.9 Å². The van der Waals surface area contributed by atoms with Crippen molar-refractivity contribution in [2.24, 2.45) is 0 Å². The predicted octanol–water partition coefficient (Wildman–Crippen LogP) is 8.23. The molecule has 16 heteroatoms. The molecule has 0 spiro atoms. The minimum Gasteiger partial charge on any atom is -0.458 e. The first kappa shape index (κ1) is 33.9. The van der Waals surface area contributed by atoms with Crippen LogP contribution in [0.2, 0.25) is 0 Å². The summed E-state index contributed by atoms with van der Waals surface area (Å²) in [6.07, 6.45) is -8.88. The van der Waals surface area contributed by atoms with E-state index in [0.717, 1.165) is 6.08 Å². The van der Waals surface area contributed by atoms with Crippen molar-refractivity contribution in [3.63, 3.8) is 0 Å². The van der Waals surface area contributed by atoms with Gasteiger partial charge < -0.3 is 9.47 Å². The van der Waals surface area contributed by atoms with E-state index >= 15 is 0 Å². The Hall–Kier alpha value is -3.30. The highest BCUT2D eigenvalue weighted by Gasteiger charge is 2.90. The van der Waals surface area contributed by atoms with Gasteiger partial charge in [-0.2, -0.15) is 57.1 Å². The molecule has 0 amide bonds. The summed E-state index contributed by atoms with van der Waals surface area (Å²) in [6, 6.07) is 12.5. The summed E-state index contributed by atoms with van der Waals surface area (Å²) in [7, 11) is 0. The maximum Gasteiger partial charge on any atom is 0.460 e. The van der Waals surface area contributed by atoms with Crippen LogP contribution in [-0.2, 0) is 27.5 Å². The number of hydrogen-bond donors (Lipinski definition) is 0. The quantitative estimate of drug-likeness (QED) is 0.0988. The lowest BCUT2D eigenvalue weighted by Crippen LogP contribution is -2.70. The van der Waals surface area contributed by atoms with Gasteiger partial charge in [-0.15, -0.1) is 0 Å². The van der Waals surface area contributed by atoms with Crippen LogP contribution >= 0.6 is 0 Å². The summed E-state index contributed by atoms with van der Waals surface area (Å²) < 4.78 is 180. The first-order valence-corrected chi connectivity index (χ1v) is 11.1. The van der Waals surface area contributed by atoms with Gasteiger partial charge in [-0.3, -0.25) is 0 Å². The minimum absolute atomic E-state index is 0.00745. The largest absolute Gasteiger partial charge is 0.460 e. The molecule has 0 aromatic heterocycles. The molecule has 2 aromatic carbocycles. The van der Waals surface area contributed by atoms with E-state index in [-0.39, 0.29) is 12.2 Å². The molecule has 0 saturated heterocycles. The number of alkyl halides is 13. The number of esters is 1. The molecule has 0 N–H and O–H groups in total. The van der Waals surface area contributed by atoms with Gasteiger partial charge in [0, 0.05) is 12.5 Å². The van der Waals surface area contributed by atoms with Gasteiger partial charge in [0.25, 0.3) is 0 Å². The van der Waals surface area contributed by atoms with E-state index in [1.54, 1.807) is 24.3 Å². The Labute approximate surface area is 223 Å². The summed E-state index contributed by atoms with van der Waals surface area (Å²) in [6.45, 7) is 1.19. The lowest BCUT2D eigenvalue weighted by molar-refractivity contribution is -0.440. The van der Waals surface area contributed by atoms with Crippen molar-refractivity contribution in [2.45, 2.75) is 55.4 Å². The number of ether oxygens (including phenoxy) is 2. The van der Waals surface area contributed by atoms with Gasteiger partial charge in [-0.25, -0.2) is 4.79 Å². The summed E-state index contributed by atoms with van der Waals surface area (Å²) >= 11 is 0. The highest BCUT2D eigenvalue weighted by atomic mass is 19.4. The summed E-state index contributed by atoms with van der Waals surface area (Å²) in [5.74, 6) is -37.6. The second-order valence-corrected chi connectivity index (χ2v) is 8.51. The third-order valence-corrected chi connectivity index (χ3v) is 5.62. The van der Waals surface area contributed by atoms with Gasteiger partial charge in [0.05, 0.1) is 13.2 Å². The van der Waals surface area contributed by atoms with E-state index in [2.05, 4.69) is 11.3 Å². The van der Waals surface area contributed by atoms with Crippen molar-refractivity contribution in [1.29, 1.82) is 0 Å². The van der Waals surface area contributed by atoms with Gasteiger partial charge >= 0.3 is 41.8 Å². The van der Waals surface area contributed by atoms with Crippen LogP contribution in [-0.4, -0.2) is 48.4 Å². The van der Waals surface area contributed by atoms with Crippen LogP contribution in [0.25, 0.3) is 11.1 Å². The van der Waals surface area contributed by atoms with E-state index in [0.29, 0.717) is 16.7 Å². The summed E-state index contributed by atoms with van der Waals surface area (Å²) in [5.41, 5.74) is 2.23. The Morgan fingerprint density at radius 2 is 1.05 bits per heavy atom. The zero-order chi connectivity index (χ0) is 31.5. The maximum atomic E-state index is 13.8. The molecule has 0 unspecified atom stereocenters. The Bertz CT molecular complexity index is 1190. The predicted molar refractivity (Wildman–Crippen MR) is 117 cm³/mol. The van der Waals surface area contributed by atoms with Gasteiger partial charge in [-0.1, -0.05) is 55.1 Å². The molecule has 0 aliphatic heterocycles. The molecule has 0 heterocycles. The molecule has 2 aromatic rings. The van der Waals surface area contributed by atoms with E-state index in [1.807, 2.05) is 0 Å². The Morgan fingerprint density at radius 1 is 0.634 bits per heavy atom. The maximum absolute atomic E-state index is 13.8. The van der Waals surface area contributed by atoms with Gasteiger partial charge in [0.2, 0.25) is 0 Å². The fourth-order valence-corrected chi connectivity index (χ4v) is 3.15. The molecule has 0 atom stereocenters. The van der Waals surface area contributed by atoms with E-state index in [1.165, 1.54) is 24.3 Å². The lowest BCUT2D eigenvalue weighted by atomic mass is 9.93. The molecule has 0 bridgehead atoms. The van der Waals surface area contributed by atoms with Gasteiger partial charge in [-0.05, 0) is 22.3 Å². The van der Waals surface area contributed by atoms with Crippen LogP contribution < -0.4 is 0 Å². The van der Waals surface area contributed by atoms with Crippen LogP contribution in [0.3, 0.4) is 0 Å². The van der Waals surface area contributed by atoms with E-state index in [4.69, 9.17) is 4.74 Å². The summed E-state index contributed by atoms with van der Waals surface area (Å²) in [4.78, 5) is 11.1. The topological polar surface area (TPSA) is 35.5 Å². The van der Waals surface area contributed by atoms with E-state index < -0.39 is 61.4 Å². The second kappa shape index (κ2) is 11.9. The van der Waals surface area contributed by atoms with Crippen molar-refractivity contribution in [1.82, 2.24) is 0 Å². The van der Waals surface area contributed by atoms with Crippen molar-refractivity contribution < 1.29 is 71.3 Å². The molecule has 0 saturated carbocycles. The van der Waals surface area contributed by atoms with Crippen molar-refractivity contribution in [2.75, 3.05) is 6.61 Å². The monoisotopic (exact) mass is 614 g/mol. The Balaban J connectivity index is 2.00. The van der Waals surface area contributed by atoms with Crippen LogP contribution in [0.15, 0.2) is 61.2 Å². The molecule has 2 rings (SSSR count). The van der Waals surface area contributed by atoms with Crippen LogP contribution in [0, 0.1) is 0 Å². The zero-order valence-corrected chi connectivity index (χ0v) is 20.4. The average Bonchev–Trinajstić information content (AvgIpc) is 2.89. The normalized spacial score (nSPS) is 13.7. The molecule has 0 aliphatic rings. The molecule has 41 heavy (non-hydrogen) atoms. The van der Waals surface area contributed by atoms with Crippen molar-refractivity contribution >= 4 is 5.97 Å². The third-order valence-electron chi connectivity index (χ3n) is 5.62. The molecule has 3 nitrogen and oxygen atoms in total.